The maximum atomic E-state index is 15.5. The van der Waals surface area contributed by atoms with Gasteiger partial charge < -0.3 is 19.9 Å². The third kappa shape index (κ3) is 9.09. The average molecular weight is 839 g/mol. The van der Waals surface area contributed by atoms with Crippen LogP contribution >= 0.6 is 11.6 Å². The molecule has 1 aliphatic heterocycles. The molecule has 1 heterocycles. The first-order valence-electron chi connectivity index (χ1n) is 17.8. The number of carbonyl (C=O) groups is 2. The molecule has 4 aromatic rings. The van der Waals surface area contributed by atoms with Gasteiger partial charge in [0.15, 0.2) is 28.2 Å². The molecular formula is C40H37ClF6N2O7S. The fourth-order valence-corrected chi connectivity index (χ4v) is 8.34. The second-order valence-corrected chi connectivity index (χ2v) is 17.2. The van der Waals surface area contributed by atoms with Crippen LogP contribution in [0.15, 0.2) is 59.5 Å². The highest BCUT2D eigenvalue weighted by Crippen LogP contribution is 2.42. The van der Waals surface area contributed by atoms with E-state index < -0.39 is 92.2 Å². The Hall–Kier alpha value is -4.64. The minimum atomic E-state index is -5.91. The number of halogens is 7. The van der Waals surface area contributed by atoms with Crippen molar-refractivity contribution in [3.05, 3.63) is 122 Å². The molecule has 0 bridgehead atoms. The lowest BCUT2D eigenvalue weighted by atomic mass is 9.83. The van der Waals surface area contributed by atoms with Crippen LogP contribution in [0.25, 0.3) is 0 Å². The quantitative estimate of drug-likeness (QED) is 0.0786. The van der Waals surface area contributed by atoms with E-state index in [2.05, 4.69) is 5.32 Å². The van der Waals surface area contributed by atoms with E-state index >= 15 is 8.78 Å². The topological polar surface area (TPSA) is 122 Å². The molecule has 2 fully saturated rings. The summed E-state index contributed by atoms with van der Waals surface area (Å²) < 4.78 is 129. The van der Waals surface area contributed by atoms with Crippen LogP contribution in [0.5, 0.6) is 5.75 Å². The Morgan fingerprint density at radius 3 is 2.18 bits per heavy atom. The SMILES string of the molecule is CC(C)(C)c1cc(CC(C(=O)Nc2ccc(C(=O)O)cc2OC2CCOC2)N(Cc2ccc(F)cc2Cl)S(=O)(=O)c2c(F)c(F)c(F)c(F)c2F)cc(C2CC2)c1. The van der Waals surface area contributed by atoms with Crippen LogP contribution in [-0.4, -0.2) is 55.1 Å². The Morgan fingerprint density at radius 1 is 0.930 bits per heavy atom. The number of benzene rings is 4. The summed E-state index contributed by atoms with van der Waals surface area (Å²) in [5, 5.41) is 11.8. The first kappa shape index (κ1) is 42.0. The van der Waals surface area contributed by atoms with Gasteiger partial charge in [-0.2, -0.15) is 4.31 Å². The van der Waals surface area contributed by atoms with Crippen molar-refractivity contribution in [3.63, 3.8) is 0 Å². The first-order valence-corrected chi connectivity index (χ1v) is 19.6. The maximum Gasteiger partial charge on any atom is 0.335 e. The summed E-state index contributed by atoms with van der Waals surface area (Å²) in [6.45, 7) is 5.24. The number of aromatic carboxylic acids is 1. The molecule has 2 unspecified atom stereocenters. The fraction of sp³-hybridized carbons (Fsp3) is 0.350. The van der Waals surface area contributed by atoms with Crippen molar-refractivity contribution in [2.75, 3.05) is 18.5 Å². The summed E-state index contributed by atoms with van der Waals surface area (Å²) >= 11 is 6.30. The lowest BCUT2D eigenvalue weighted by Gasteiger charge is -2.32. The van der Waals surface area contributed by atoms with Crippen LogP contribution in [0.4, 0.5) is 32.0 Å². The van der Waals surface area contributed by atoms with Gasteiger partial charge in [0.25, 0.3) is 0 Å². The monoisotopic (exact) mass is 838 g/mol. The van der Waals surface area contributed by atoms with Crippen molar-refractivity contribution in [1.82, 2.24) is 4.31 Å². The molecule has 2 N–H and O–H groups in total. The first-order chi connectivity index (χ1) is 26.8. The largest absolute Gasteiger partial charge is 0.486 e. The van der Waals surface area contributed by atoms with E-state index in [1.807, 2.05) is 26.8 Å². The Balaban J connectivity index is 1.56. The number of ether oxygens (including phenoxy) is 2. The van der Waals surface area contributed by atoms with Crippen molar-refractivity contribution < 1.29 is 58.9 Å². The van der Waals surface area contributed by atoms with Crippen LogP contribution in [0.2, 0.25) is 5.02 Å². The third-order valence-corrected chi connectivity index (χ3v) is 12.0. The van der Waals surface area contributed by atoms with Gasteiger partial charge in [-0.25, -0.2) is 39.6 Å². The molecule has 57 heavy (non-hydrogen) atoms. The number of hydrogen-bond acceptors (Lipinski definition) is 6. The summed E-state index contributed by atoms with van der Waals surface area (Å²) in [4.78, 5) is 24.4. The minimum absolute atomic E-state index is 0.132. The zero-order valence-corrected chi connectivity index (χ0v) is 32.3. The number of hydrogen-bond donors (Lipinski definition) is 2. The molecular weight excluding hydrogens is 802 g/mol. The number of carbonyl (C=O) groups excluding carboxylic acids is 1. The Labute approximate surface area is 329 Å². The number of nitrogens with one attached hydrogen (secondary N) is 1. The Kier molecular flexibility index (Phi) is 12.0. The number of carboxylic acid groups (broad SMARTS) is 1. The summed E-state index contributed by atoms with van der Waals surface area (Å²) in [5.74, 6) is -16.4. The molecule has 1 amide bonds. The highest BCUT2D eigenvalue weighted by Gasteiger charge is 2.43. The second kappa shape index (κ2) is 16.3. The molecule has 2 atom stereocenters. The number of nitrogens with zero attached hydrogens (tertiary/aromatic N) is 1. The van der Waals surface area contributed by atoms with Crippen molar-refractivity contribution in [2.45, 2.75) is 81.4 Å². The highest BCUT2D eigenvalue weighted by molar-refractivity contribution is 7.89. The predicted molar refractivity (Wildman–Crippen MR) is 197 cm³/mol. The molecule has 1 saturated carbocycles. The lowest BCUT2D eigenvalue weighted by Crippen LogP contribution is -2.48. The zero-order chi connectivity index (χ0) is 41.6. The van der Waals surface area contributed by atoms with Crippen molar-refractivity contribution in [3.8, 4) is 5.75 Å². The molecule has 0 spiro atoms. The molecule has 4 aromatic carbocycles. The van der Waals surface area contributed by atoms with Gasteiger partial charge in [0.2, 0.25) is 21.7 Å². The molecule has 9 nitrogen and oxygen atoms in total. The summed E-state index contributed by atoms with van der Waals surface area (Å²) in [7, 11) is -5.91. The van der Waals surface area contributed by atoms with Crippen molar-refractivity contribution in [2.24, 2.45) is 0 Å². The molecule has 304 valence electrons. The maximum absolute atomic E-state index is 15.5. The van der Waals surface area contributed by atoms with Gasteiger partial charge in [-0.3, -0.25) is 4.79 Å². The van der Waals surface area contributed by atoms with Gasteiger partial charge in [-0.1, -0.05) is 56.6 Å². The van der Waals surface area contributed by atoms with Gasteiger partial charge in [0.05, 0.1) is 24.5 Å². The molecule has 1 saturated heterocycles. The Bertz CT molecular complexity index is 2320. The van der Waals surface area contributed by atoms with Gasteiger partial charge in [-0.05, 0) is 83.2 Å². The van der Waals surface area contributed by atoms with Crippen LogP contribution < -0.4 is 10.1 Å². The van der Waals surface area contributed by atoms with E-state index in [1.54, 1.807) is 12.1 Å². The molecule has 17 heteroatoms. The highest BCUT2D eigenvalue weighted by atomic mass is 35.5. The van der Waals surface area contributed by atoms with Gasteiger partial charge in [-0.15, -0.1) is 0 Å². The summed E-state index contributed by atoms with van der Waals surface area (Å²) in [5.41, 5.74) is 1.04. The summed E-state index contributed by atoms with van der Waals surface area (Å²) in [6, 6.07) is 9.61. The molecule has 1 aliphatic carbocycles. The smallest absolute Gasteiger partial charge is 0.335 e. The van der Waals surface area contributed by atoms with Gasteiger partial charge in [0, 0.05) is 18.0 Å². The van der Waals surface area contributed by atoms with Crippen LogP contribution in [0, 0.1) is 34.9 Å². The van der Waals surface area contributed by atoms with E-state index in [9.17, 15) is 40.7 Å². The van der Waals surface area contributed by atoms with E-state index in [1.165, 1.54) is 6.07 Å². The average Bonchev–Trinajstić information content (AvgIpc) is 3.88. The van der Waals surface area contributed by atoms with Crippen LogP contribution in [-0.2, 0) is 37.9 Å². The summed E-state index contributed by atoms with van der Waals surface area (Å²) in [6.07, 6.45) is 1.05. The molecule has 0 radical (unpaired) electrons. The zero-order valence-electron chi connectivity index (χ0n) is 30.8. The predicted octanol–water partition coefficient (Wildman–Crippen LogP) is 8.66. The minimum Gasteiger partial charge on any atom is -0.486 e. The number of carboxylic acids is 1. The van der Waals surface area contributed by atoms with Crippen molar-refractivity contribution in [1.29, 1.82) is 0 Å². The van der Waals surface area contributed by atoms with Crippen molar-refractivity contribution >= 4 is 39.2 Å². The fourth-order valence-electron chi connectivity index (χ4n) is 6.44. The standard InChI is InChI=1S/C40H37ClF6N2O7S/c1-40(2,3)25-13-20(12-24(15-25)21-4-5-21)14-30(38(50)48-29-9-7-22(39(51)52)16-31(29)56-27-10-11-55-19-27)49(18-23-6-8-26(42)17-28(23)41)57(53,54)37-35(46)33(44)32(43)34(45)36(37)47/h6-9,12-13,15-17,21,27,30H,4-5,10-11,14,18-19H2,1-3H3,(H,48,50)(H,51,52). The number of amides is 1. The number of anilines is 1. The number of sulfonamides is 1. The van der Waals surface area contributed by atoms with Gasteiger partial charge >= 0.3 is 5.97 Å². The van der Waals surface area contributed by atoms with E-state index in [-0.39, 0.29) is 44.4 Å². The van der Waals surface area contributed by atoms with Crippen LogP contribution in [0.3, 0.4) is 0 Å². The van der Waals surface area contributed by atoms with Gasteiger partial charge in [0.1, 0.15) is 23.7 Å². The third-order valence-electron chi connectivity index (χ3n) is 9.75. The normalized spacial score (nSPS) is 16.5. The lowest BCUT2D eigenvalue weighted by molar-refractivity contribution is -0.120. The second-order valence-electron chi connectivity index (χ2n) is 15.0. The Morgan fingerprint density at radius 2 is 1.60 bits per heavy atom. The van der Waals surface area contributed by atoms with E-state index in [0.29, 0.717) is 18.6 Å². The molecule has 2 aliphatic rings. The van der Waals surface area contributed by atoms with E-state index in [0.717, 1.165) is 54.3 Å². The molecule has 6 rings (SSSR count). The van der Waals surface area contributed by atoms with Crippen LogP contribution in [0.1, 0.15) is 78.6 Å². The molecule has 0 aromatic heterocycles. The van der Waals surface area contributed by atoms with E-state index in [4.69, 9.17) is 21.1 Å². The number of rotatable bonds is 13.